The van der Waals surface area contributed by atoms with E-state index in [1.165, 1.54) is 18.5 Å². The van der Waals surface area contributed by atoms with Gasteiger partial charge >= 0.3 is 0 Å². The summed E-state index contributed by atoms with van der Waals surface area (Å²) >= 11 is 0. The van der Waals surface area contributed by atoms with Gasteiger partial charge in [-0.05, 0) is 30.5 Å². The van der Waals surface area contributed by atoms with E-state index >= 15 is 0 Å². The van der Waals surface area contributed by atoms with E-state index < -0.39 is 0 Å². The van der Waals surface area contributed by atoms with Gasteiger partial charge in [0.2, 0.25) is 0 Å². The van der Waals surface area contributed by atoms with Crippen LogP contribution in [0.15, 0.2) is 30.3 Å². The second kappa shape index (κ2) is 7.07. The monoisotopic (exact) mass is 310 g/mol. The molecule has 2 saturated heterocycles. The molecule has 2 heterocycles. The molecule has 3 rings (SSSR count). The zero-order valence-electron chi connectivity index (χ0n) is 12.7. The first-order valence-corrected chi connectivity index (χ1v) is 7.66. The molecule has 1 aromatic rings. The molecule has 3 unspecified atom stereocenters. The van der Waals surface area contributed by atoms with Crippen molar-refractivity contribution in [3.05, 3.63) is 35.9 Å². The fraction of sp³-hybridized carbons (Fsp3) is 0.625. The van der Waals surface area contributed by atoms with Gasteiger partial charge in [0, 0.05) is 25.6 Å². The minimum Gasteiger partial charge on any atom is -0.330 e. The SMILES string of the molecule is CC1(CN)CCN(CC2CNNC2c2ccccc2)C1.Cl. The number of nitrogens with zero attached hydrogens (tertiary/aromatic N) is 1. The lowest BCUT2D eigenvalue weighted by molar-refractivity contribution is 0.239. The number of halogens is 1. The molecule has 2 aliphatic heterocycles. The van der Waals surface area contributed by atoms with Gasteiger partial charge in [-0.1, -0.05) is 37.3 Å². The van der Waals surface area contributed by atoms with Crippen LogP contribution in [0.5, 0.6) is 0 Å². The summed E-state index contributed by atoms with van der Waals surface area (Å²) in [5.74, 6) is 0.623. The molecule has 2 aliphatic rings. The van der Waals surface area contributed by atoms with Crippen molar-refractivity contribution >= 4 is 12.4 Å². The van der Waals surface area contributed by atoms with Crippen molar-refractivity contribution in [2.75, 3.05) is 32.7 Å². The smallest absolute Gasteiger partial charge is 0.0515 e. The van der Waals surface area contributed by atoms with E-state index in [0.717, 1.165) is 26.2 Å². The standard InChI is InChI=1S/C16H26N4.ClH/c1-16(11-17)7-8-20(12-16)10-14-9-18-19-15(14)13-5-3-2-4-6-13;/h2-6,14-15,18-19H,7-12,17H2,1H3;1H. The first-order chi connectivity index (χ1) is 9.70. The third-order valence-corrected chi connectivity index (χ3v) is 4.87. The highest BCUT2D eigenvalue weighted by atomic mass is 35.5. The first kappa shape index (κ1) is 16.7. The molecule has 2 fully saturated rings. The number of benzene rings is 1. The number of nitrogens with one attached hydrogen (secondary N) is 2. The van der Waals surface area contributed by atoms with Gasteiger partial charge in [0.1, 0.15) is 0 Å². The molecule has 118 valence electrons. The van der Waals surface area contributed by atoms with Gasteiger partial charge < -0.3 is 10.6 Å². The molecule has 5 heteroatoms. The predicted octanol–water partition coefficient (Wildman–Crippen LogP) is 1.54. The van der Waals surface area contributed by atoms with E-state index in [4.69, 9.17) is 5.73 Å². The van der Waals surface area contributed by atoms with Crippen LogP contribution in [0.4, 0.5) is 0 Å². The van der Waals surface area contributed by atoms with Crippen molar-refractivity contribution in [1.82, 2.24) is 15.8 Å². The second-order valence-electron chi connectivity index (χ2n) is 6.67. The first-order valence-electron chi connectivity index (χ1n) is 7.66. The van der Waals surface area contributed by atoms with Gasteiger partial charge in [0.05, 0.1) is 6.04 Å². The number of likely N-dealkylation sites (tertiary alicyclic amines) is 1. The van der Waals surface area contributed by atoms with Crippen LogP contribution in [0.2, 0.25) is 0 Å². The molecular formula is C16H27ClN4. The van der Waals surface area contributed by atoms with Crippen molar-refractivity contribution in [2.45, 2.75) is 19.4 Å². The van der Waals surface area contributed by atoms with Gasteiger partial charge in [0.15, 0.2) is 0 Å². The van der Waals surface area contributed by atoms with E-state index in [1.54, 1.807) is 0 Å². The summed E-state index contributed by atoms with van der Waals surface area (Å²) in [7, 11) is 0. The Kier molecular flexibility index (Phi) is 5.63. The minimum absolute atomic E-state index is 0. The molecule has 0 aliphatic carbocycles. The summed E-state index contributed by atoms with van der Waals surface area (Å²) in [4.78, 5) is 2.59. The molecule has 0 amide bonds. The molecule has 0 saturated carbocycles. The van der Waals surface area contributed by atoms with Crippen LogP contribution >= 0.6 is 12.4 Å². The average molecular weight is 311 g/mol. The number of hydrogen-bond acceptors (Lipinski definition) is 4. The zero-order valence-corrected chi connectivity index (χ0v) is 13.5. The molecule has 0 radical (unpaired) electrons. The summed E-state index contributed by atoms with van der Waals surface area (Å²) < 4.78 is 0. The molecule has 4 N–H and O–H groups in total. The number of hydrazine groups is 1. The largest absolute Gasteiger partial charge is 0.330 e. The third-order valence-electron chi connectivity index (χ3n) is 4.87. The van der Waals surface area contributed by atoms with E-state index in [-0.39, 0.29) is 12.4 Å². The van der Waals surface area contributed by atoms with E-state index in [0.29, 0.717) is 17.4 Å². The summed E-state index contributed by atoms with van der Waals surface area (Å²) in [5, 5.41) is 0. The number of hydrogen-bond donors (Lipinski definition) is 3. The van der Waals surface area contributed by atoms with Gasteiger partial charge in [-0.15, -0.1) is 12.4 Å². The lowest BCUT2D eigenvalue weighted by Gasteiger charge is -2.26. The molecule has 0 bridgehead atoms. The van der Waals surface area contributed by atoms with Crippen LogP contribution in [-0.2, 0) is 0 Å². The summed E-state index contributed by atoms with van der Waals surface area (Å²) in [5.41, 5.74) is 14.4. The van der Waals surface area contributed by atoms with Gasteiger partial charge in [-0.25, -0.2) is 5.43 Å². The molecule has 4 nitrogen and oxygen atoms in total. The van der Waals surface area contributed by atoms with E-state index in [1.807, 2.05) is 0 Å². The Hall–Kier alpha value is -0.650. The van der Waals surface area contributed by atoms with Crippen LogP contribution in [0.25, 0.3) is 0 Å². The molecule has 21 heavy (non-hydrogen) atoms. The van der Waals surface area contributed by atoms with E-state index in [2.05, 4.69) is 53.0 Å². The average Bonchev–Trinajstić information content (AvgIpc) is 3.08. The fourth-order valence-corrected chi connectivity index (χ4v) is 3.50. The van der Waals surface area contributed by atoms with Crippen LogP contribution in [-0.4, -0.2) is 37.6 Å². The zero-order chi connectivity index (χ0) is 14.0. The minimum atomic E-state index is 0. The quantitative estimate of drug-likeness (QED) is 0.790. The normalized spacial score (nSPS) is 33.0. The van der Waals surface area contributed by atoms with Crippen LogP contribution in [0, 0.1) is 11.3 Å². The molecule has 3 atom stereocenters. The summed E-state index contributed by atoms with van der Waals surface area (Å²) in [6, 6.07) is 11.2. The lowest BCUT2D eigenvalue weighted by atomic mass is 9.90. The Bertz CT molecular complexity index is 441. The predicted molar refractivity (Wildman–Crippen MR) is 89.3 cm³/mol. The van der Waals surface area contributed by atoms with Crippen molar-refractivity contribution in [3.8, 4) is 0 Å². The highest BCUT2D eigenvalue weighted by Gasteiger charge is 2.36. The second-order valence-corrected chi connectivity index (χ2v) is 6.67. The lowest BCUT2D eigenvalue weighted by Crippen LogP contribution is -2.35. The van der Waals surface area contributed by atoms with Crippen LogP contribution < -0.4 is 16.6 Å². The highest BCUT2D eigenvalue weighted by Crippen LogP contribution is 2.31. The Morgan fingerprint density at radius 1 is 1.33 bits per heavy atom. The molecular weight excluding hydrogens is 284 g/mol. The number of nitrogens with two attached hydrogens (primary N) is 1. The van der Waals surface area contributed by atoms with Crippen molar-refractivity contribution in [3.63, 3.8) is 0 Å². The van der Waals surface area contributed by atoms with Crippen molar-refractivity contribution in [1.29, 1.82) is 0 Å². The van der Waals surface area contributed by atoms with Gasteiger partial charge in [-0.3, -0.25) is 5.43 Å². The highest BCUT2D eigenvalue weighted by molar-refractivity contribution is 5.85. The third kappa shape index (κ3) is 3.76. The van der Waals surface area contributed by atoms with Crippen molar-refractivity contribution < 1.29 is 0 Å². The van der Waals surface area contributed by atoms with Crippen LogP contribution in [0.3, 0.4) is 0 Å². The maximum absolute atomic E-state index is 5.91. The van der Waals surface area contributed by atoms with Gasteiger partial charge in [0.25, 0.3) is 0 Å². The fourth-order valence-electron chi connectivity index (χ4n) is 3.50. The molecule has 0 aromatic heterocycles. The Balaban J connectivity index is 0.00000161. The maximum Gasteiger partial charge on any atom is 0.0515 e. The Labute approximate surface area is 133 Å². The Morgan fingerprint density at radius 3 is 2.76 bits per heavy atom. The van der Waals surface area contributed by atoms with Gasteiger partial charge in [-0.2, -0.15) is 0 Å². The molecule has 1 aromatic carbocycles. The summed E-state index contributed by atoms with van der Waals surface area (Å²) in [6.45, 7) is 7.62. The molecule has 0 spiro atoms. The Morgan fingerprint density at radius 2 is 2.10 bits per heavy atom. The summed E-state index contributed by atoms with van der Waals surface area (Å²) in [6.07, 6.45) is 1.23. The van der Waals surface area contributed by atoms with Crippen LogP contribution in [0.1, 0.15) is 24.9 Å². The van der Waals surface area contributed by atoms with Crippen molar-refractivity contribution in [2.24, 2.45) is 17.1 Å². The topological polar surface area (TPSA) is 53.3 Å². The maximum atomic E-state index is 5.91. The number of rotatable bonds is 4. The van der Waals surface area contributed by atoms with E-state index in [9.17, 15) is 0 Å².